The van der Waals surface area contributed by atoms with Gasteiger partial charge in [-0.25, -0.2) is 0 Å². The fourth-order valence-electron chi connectivity index (χ4n) is 3.37. The summed E-state index contributed by atoms with van der Waals surface area (Å²) >= 11 is 0. The third-order valence-corrected chi connectivity index (χ3v) is 5.35. The van der Waals surface area contributed by atoms with Crippen molar-refractivity contribution in [2.45, 2.75) is 80.2 Å². The highest BCUT2D eigenvalue weighted by atomic mass is 14.7. The van der Waals surface area contributed by atoms with Gasteiger partial charge in [-0.15, -0.1) is 0 Å². The van der Waals surface area contributed by atoms with Crippen LogP contribution in [0.3, 0.4) is 0 Å². The van der Waals surface area contributed by atoms with Crippen LogP contribution in [0.5, 0.6) is 0 Å². The van der Waals surface area contributed by atoms with Crippen molar-refractivity contribution in [3.8, 4) is 0 Å². The molecule has 0 fully saturated rings. The highest BCUT2D eigenvalue weighted by Crippen LogP contribution is 2.35. The smallest absolute Gasteiger partial charge is 0.0328 e. The molecule has 1 aromatic carbocycles. The lowest BCUT2D eigenvalue weighted by Gasteiger charge is -2.28. The summed E-state index contributed by atoms with van der Waals surface area (Å²) in [6.07, 6.45) is 4.96. The summed E-state index contributed by atoms with van der Waals surface area (Å²) in [5, 5.41) is 0. The first-order chi connectivity index (χ1) is 9.36. The van der Waals surface area contributed by atoms with E-state index in [4.69, 9.17) is 5.73 Å². The molecule has 0 aliphatic heterocycles. The minimum absolute atomic E-state index is 0.185. The number of nitrogens with two attached hydrogens (primary N) is 1. The maximum Gasteiger partial charge on any atom is 0.0328 e. The minimum atomic E-state index is 0.185. The highest BCUT2D eigenvalue weighted by molar-refractivity contribution is 5.50. The molecule has 2 atom stereocenters. The molecule has 1 aromatic rings. The van der Waals surface area contributed by atoms with Crippen LogP contribution in [0, 0.1) is 40.5 Å². The molecule has 0 aliphatic carbocycles. The Hall–Kier alpha value is -0.820. The van der Waals surface area contributed by atoms with Crippen molar-refractivity contribution < 1.29 is 0 Å². The van der Waals surface area contributed by atoms with E-state index in [0.29, 0.717) is 5.92 Å². The number of unbranched alkanes of at least 4 members (excludes halogenated alkanes) is 1. The SMILES string of the molecule is CCCCC(CC)C(N)c1c(C)c(C)c(C)c(C)c1C. The second-order valence-corrected chi connectivity index (χ2v) is 6.38. The van der Waals surface area contributed by atoms with Crippen molar-refractivity contribution >= 4 is 0 Å². The number of hydrogen-bond donors (Lipinski definition) is 1. The molecule has 0 radical (unpaired) electrons. The molecule has 2 unspecified atom stereocenters. The van der Waals surface area contributed by atoms with E-state index in [1.54, 1.807) is 0 Å². The van der Waals surface area contributed by atoms with Crippen molar-refractivity contribution in [1.82, 2.24) is 0 Å². The molecule has 114 valence electrons. The summed E-state index contributed by atoms with van der Waals surface area (Å²) in [5.41, 5.74) is 15.2. The molecule has 1 rings (SSSR count). The molecule has 0 saturated carbocycles. The highest BCUT2D eigenvalue weighted by Gasteiger charge is 2.23. The Bertz CT molecular complexity index is 430. The second-order valence-electron chi connectivity index (χ2n) is 6.38. The van der Waals surface area contributed by atoms with E-state index < -0.39 is 0 Å². The van der Waals surface area contributed by atoms with Crippen LogP contribution >= 0.6 is 0 Å². The van der Waals surface area contributed by atoms with Crippen LogP contribution < -0.4 is 5.73 Å². The molecule has 0 aliphatic rings. The molecule has 0 heterocycles. The molecule has 1 heteroatoms. The maximum atomic E-state index is 6.68. The molecular weight excluding hydrogens is 242 g/mol. The van der Waals surface area contributed by atoms with Gasteiger partial charge >= 0.3 is 0 Å². The van der Waals surface area contributed by atoms with Gasteiger partial charge in [0.25, 0.3) is 0 Å². The molecule has 1 nitrogen and oxygen atoms in total. The molecule has 0 aromatic heterocycles. The molecule has 2 N–H and O–H groups in total. The van der Waals surface area contributed by atoms with Gasteiger partial charge in [-0.05, 0) is 80.3 Å². The van der Waals surface area contributed by atoms with E-state index in [0.717, 1.165) is 0 Å². The normalized spacial score (nSPS) is 14.4. The van der Waals surface area contributed by atoms with Gasteiger partial charge in [0.1, 0.15) is 0 Å². The fourth-order valence-corrected chi connectivity index (χ4v) is 3.37. The number of rotatable bonds is 6. The lowest BCUT2D eigenvalue weighted by molar-refractivity contribution is 0.376. The molecule has 20 heavy (non-hydrogen) atoms. The van der Waals surface area contributed by atoms with Gasteiger partial charge in [-0.1, -0.05) is 33.1 Å². The summed E-state index contributed by atoms with van der Waals surface area (Å²) in [4.78, 5) is 0. The summed E-state index contributed by atoms with van der Waals surface area (Å²) in [7, 11) is 0. The third-order valence-electron chi connectivity index (χ3n) is 5.35. The topological polar surface area (TPSA) is 26.0 Å². The fraction of sp³-hybridized carbons (Fsp3) is 0.684. The van der Waals surface area contributed by atoms with Crippen LogP contribution in [0.2, 0.25) is 0 Å². The van der Waals surface area contributed by atoms with Crippen molar-refractivity contribution in [2.24, 2.45) is 11.7 Å². The molecule has 0 spiro atoms. The van der Waals surface area contributed by atoms with E-state index in [1.165, 1.54) is 59.1 Å². The summed E-state index contributed by atoms with van der Waals surface area (Å²) < 4.78 is 0. The van der Waals surface area contributed by atoms with Crippen LogP contribution in [0.25, 0.3) is 0 Å². The van der Waals surface area contributed by atoms with Crippen molar-refractivity contribution in [2.75, 3.05) is 0 Å². The average molecular weight is 275 g/mol. The standard InChI is InChI=1S/C19H33N/c1-8-10-11-17(9-2)19(20)18-15(6)13(4)12(3)14(5)16(18)7/h17,19H,8-11,20H2,1-7H3. The van der Waals surface area contributed by atoms with Crippen molar-refractivity contribution in [3.05, 3.63) is 33.4 Å². The van der Waals surface area contributed by atoms with E-state index >= 15 is 0 Å². The lowest BCUT2D eigenvalue weighted by Crippen LogP contribution is -2.24. The van der Waals surface area contributed by atoms with Gasteiger partial charge in [-0.2, -0.15) is 0 Å². The monoisotopic (exact) mass is 275 g/mol. The lowest BCUT2D eigenvalue weighted by atomic mass is 9.80. The summed E-state index contributed by atoms with van der Waals surface area (Å²) in [6, 6.07) is 0.185. The Balaban J connectivity index is 3.24. The zero-order valence-corrected chi connectivity index (χ0v) is 14.6. The van der Waals surface area contributed by atoms with Crippen LogP contribution in [0.15, 0.2) is 0 Å². The molecule has 0 saturated heterocycles. The predicted molar refractivity (Wildman–Crippen MR) is 90.4 cm³/mol. The molecule has 0 bridgehead atoms. The van der Waals surface area contributed by atoms with Gasteiger partial charge in [0.05, 0.1) is 0 Å². The van der Waals surface area contributed by atoms with Crippen LogP contribution in [-0.4, -0.2) is 0 Å². The van der Waals surface area contributed by atoms with Crippen molar-refractivity contribution in [1.29, 1.82) is 0 Å². The Labute approximate surface area is 126 Å². The summed E-state index contributed by atoms with van der Waals surface area (Å²) in [6.45, 7) is 15.7. The molecule has 0 amide bonds. The number of hydrogen-bond acceptors (Lipinski definition) is 1. The van der Waals surface area contributed by atoms with Gasteiger partial charge in [0, 0.05) is 6.04 Å². The Morgan fingerprint density at radius 1 is 0.800 bits per heavy atom. The third kappa shape index (κ3) is 3.25. The van der Waals surface area contributed by atoms with E-state index in [2.05, 4.69) is 48.5 Å². The first kappa shape index (κ1) is 17.2. The van der Waals surface area contributed by atoms with Crippen LogP contribution in [0.4, 0.5) is 0 Å². The maximum absolute atomic E-state index is 6.68. The van der Waals surface area contributed by atoms with Crippen LogP contribution in [0.1, 0.15) is 79.0 Å². The first-order valence-corrected chi connectivity index (χ1v) is 8.19. The predicted octanol–water partition coefficient (Wildman–Crippen LogP) is 5.44. The van der Waals surface area contributed by atoms with Gasteiger partial charge in [-0.3, -0.25) is 0 Å². The quantitative estimate of drug-likeness (QED) is 0.734. The van der Waals surface area contributed by atoms with Gasteiger partial charge < -0.3 is 5.73 Å². The Morgan fingerprint density at radius 2 is 1.25 bits per heavy atom. The first-order valence-electron chi connectivity index (χ1n) is 8.19. The molecular formula is C19H33N. The van der Waals surface area contributed by atoms with E-state index in [9.17, 15) is 0 Å². The Morgan fingerprint density at radius 3 is 1.65 bits per heavy atom. The largest absolute Gasteiger partial charge is 0.324 e. The van der Waals surface area contributed by atoms with E-state index in [1.807, 2.05) is 0 Å². The van der Waals surface area contributed by atoms with Gasteiger partial charge in [0.2, 0.25) is 0 Å². The van der Waals surface area contributed by atoms with E-state index in [-0.39, 0.29) is 6.04 Å². The summed E-state index contributed by atoms with van der Waals surface area (Å²) in [5.74, 6) is 0.605. The van der Waals surface area contributed by atoms with Crippen LogP contribution in [-0.2, 0) is 0 Å². The average Bonchev–Trinajstić information content (AvgIpc) is 2.44. The van der Waals surface area contributed by atoms with Crippen molar-refractivity contribution in [3.63, 3.8) is 0 Å². The zero-order chi connectivity index (χ0) is 15.4. The number of benzene rings is 1. The minimum Gasteiger partial charge on any atom is -0.324 e. The second kappa shape index (κ2) is 7.26. The van der Waals surface area contributed by atoms with Gasteiger partial charge in [0.15, 0.2) is 0 Å². The Kier molecular flexibility index (Phi) is 6.26. The zero-order valence-electron chi connectivity index (χ0n) is 14.6.